The van der Waals surface area contributed by atoms with Crippen LogP contribution < -0.4 is 5.32 Å². The Labute approximate surface area is 185 Å². The average molecular weight is 450 g/mol. The normalized spacial score (nSPS) is 11.1. The zero-order chi connectivity index (χ0) is 23.5. The van der Waals surface area contributed by atoms with Gasteiger partial charge in [-0.25, -0.2) is 0 Å². The van der Waals surface area contributed by atoms with E-state index in [4.69, 9.17) is 15.1 Å². The second kappa shape index (κ2) is 18.2. The van der Waals surface area contributed by atoms with E-state index in [-0.39, 0.29) is 12.8 Å². The summed E-state index contributed by atoms with van der Waals surface area (Å²) in [6, 6.07) is 20.9. The number of nitrogens with one attached hydrogen (secondary N) is 1. The fourth-order valence-corrected chi connectivity index (χ4v) is 3.07. The number of hydrogen-bond donors (Lipinski definition) is 4. The lowest BCUT2D eigenvalue weighted by molar-refractivity contribution is -0.142. The van der Waals surface area contributed by atoms with Crippen LogP contribution in [0.1, 0.15) is 37.8 Å². The first-order valence-electron chi connectivity index (χ1n) is 10.2. The van der Waals surface area contributed by atoms with Crippen LogP contribution in [0.2, 0.25) is 0 Å². The lowest BCUT2D eigenvalue weighted by Crippen LogP contribution is -2.17. The molecule has 170 valence electrons. The largest absolute Gasteiger partial charge is 0.506 e. The van der Waals surface area contributed by atoms with Gasteiger partial charge in [-0.1, -0.05) is 74.5 Å². The highest BCUT2D eigenvalue weighted by atomic mass is 31.1. The van der Waals surface area contributed by atoms with Gasteiger partial charge in [-0.05, 0) is 35.1 Å². The minimum Gasteiger partial charge on any atom is -0.481 e. The highest BCUT2D eigenvalue weighted by molar-refractivity contribution is 7.38. The molecule has 0 radical (unpaired) electrons. The summed E-state index contributed by atoms with van der Waals surface area (Å²) in [4.78, 5) is 28.9. The van der Waals surface area contributed by atoms with E-state index in [2.05, 4.69) is 67.7 Å². The van der Waals surface area contributed by atoms with Crippen LogP contribution in [0.15, 0.2) is 60.7 Å². The summed E-state index contributed by atoms with van der Waals surface area (Å²) in [6.07, 6.45) is 0.325. The smallest absolute Gasteiger partial charge is 0.481 e. The molecule has 4 N–H and O–H groups in total. The van der Waals surface area contributed by atoms with Crippen LogP contribution in [0, 0.1) is 5.92 Å². The first kappa shape index (κ1) is 28.4. The van der Waals surface area contributed by atoms with Gasteiger partial charge in [0.15, 0.2) is 6.16 Å². The Kier molecular flexibility index (Phi) is 16.7. The van der Waals surface area contributed by atoms with E-state index in [0.29, 0.717) is 0 Å². The third-order valence-electron chi connectivity index (χ3n) is 4.11. The highest BCUT2D eigenvalue weighted by Crippen LogP contribution is 2.21. The molecule has 2 unspecified atom stereocenters. The lowest BCUT2D eigenvalue weighted by Gasteiger charge is -2.02. The molecule has 2 aromatic rings. The Bertz CT molecular complexity index is 755. The first-order chi connectivity index (χ1) is 14.8. The molecule has 7 nitrogen and oxygen atoms in total. The van der Waals surface area contributed by atoms with Crippen molar-refractivity contribution in [1.29, 1.82) is 0 Å². The minimum atomic E-state index is -2.53. The van der Waals surface area contributed by atoms with Gasteiger partial charge < -0.3 is 15.5 Å². The monoisotopic (exact) mass is 450 g/mol. The van der Waals surface area contributed by atoms with Crippen LogP contribution in [0.3, 0.4) is 0 Å². The number of carboxylic acid groups (broad SMARTS) is 2. The van der Waals surface area contributed by atoms with Gasteiger partial charge in [0, 0.05) is 13.0 Å². The molecule has 0 aliphatic rings. The maximum absolute atomic E-state index is 10.4. The van der Waals surface area contributed by atoms with E-state index in [9.17, 15) is 14.2 Å². The molecule has 0 saturated carbocycles. The molecule has 0 spiro atoms. The molecule has 0 aliphatic carbocycles. The van der Waals surface area contributed by atoms with Crippen molar-refractivity contribution in [3.8, 4) is 0 Å². The van der Waals surface area contributed by atoms with Crippen molar-refractivity contribution in [2.24, 2.45) is 5.92 Å². The second-order valence-electron chi connectivity index (χ2n) is 6.61. The maximum Gasteiger partial charge on any atom is 0.506 e. The molecule has 0 amide bonds. The summed E-state index contributed by atoms with van der Waals surface area (Å²) in [5, 5.41) is 20.0. The summed E-state index contributed by atoms with van der Waals surface area (Å²) in [7, 11) is -2.53. The van der Waals surface area contributed by atoms with Crippen LogP contribution in [0.25, 0.3) is 0 Å². The van der Waals surface area contributed by atoms with Gasteiger partial charge in [0.25, 0.3) is 0 Å². The Morgan fingerprint density at radius 3 is 1.81 bits per heavy atom. The molecule has 0 saturated heterocycles. The fourth-order valence-electron chi connectivity index (χ4n) is 2.36. The van der Waals surface area contributed by atoms with Crippen LogP contribution >= 0.6 is 8.03 Å². The lowest BCUT2D eigenvalue weighted by atomic mass is 10.1. The molecule has 2 aromatic carbocycles. The van der Waals surface area contributed by atoms with Crippen molar-refractivity contribution in [1.82, 2.24) is 5.32 Å². The fraction of sp³-hybridized carbons (Fsp3) is 0.391. The number of aliphatic carboxylic acids is 2. The maximum atomic E-state index is 10.4. The molecule has 0 heterocycles. The van der Waals surface area contributed by atoms with Gasteiger partial charge in [-0.3, -0.25) is 9.59 Å². The molecular weight excluding hydrogens is 417 g/mol. The van der Waals surface area contributed by atoms with E-state index in [1.807, 2.05) is 12.1 Å². The zero-order valence-corrected chi connectivity index (χ0v) is 19.0. The van der Waals surface area contributed by atoms with Gasteiger partial charge in [-0.2, -0.15) is 4.89 Å². The molecular formula is C23H33NO6P+. The third-order valence-corrected chi connectivity index (χ3v) is 4.86. The Hall–Kier alpha value is -2.60. The van der Waals surface area contributed by atoms with Gasteiger partial charge in [0.2, 0.25) is 0 Å². The Morgan fingerprint density at radius 1 is 0.935 bits per heavy atom. The molecule has 0 fully saturated rings. The summed E-state index contributed by atoms with van der Waals surface area (Å²) >= 11 is 0. The molecule has 2 rings (SSSR count). The molecule has 0 bridgehead atoms. The van der Waals surface area contributed by atoms with Crippen LogP contribution in [0.5, 0.6) is 0 Å². The van der Waals surface area contributed by atoms with Gasteiger partial charge in [0.1, 0.15) is 5.92 Å². The van der Waals surface area contributed by atoms with Crippen LogP contribution in [-0.2, 0) is 27.1 Å². The topological polar surface area (TPSA) is 124 Å². The van der Waals surface area contributed by atoms with E-state index < -0.39 is 32.0 Å². The van der Waals surface area contributed by atoms with Gasteiger partial charge in [0.05, 0.1) is 0 Å². The highest BCUT2D eigenvalue weighted by Gasteiger charge is 2.28. The number of rotatable bonds is 10. The molecule has 31 heavy (non-hydrogen) atoms. The van der Waals surface area contributed by atoms with Crippen molar-refractivity contribution in [3.63, 3.8) is 0 Å². The van der Waals surface area contributed by atoms with Gasteiger partial charge >= 0.3 is 20.0 Å². The Balaban J connectivity index is 0.000000447. The number of carboxylic acids is 2. The summed E-state index contributed by atoms with van der Waals surface area (Å²) in [5.41, 5.74) is 2.76. The van der Waals surface area contributed by atoms with Crippen LogP contribution in [-0.4, -0.2) is 39.8 Å². The SMILES string of the molecule is CCNCc1ccccc1.CCc1ccccc1.O=C(O)CCC(C[P+](=O)O)C(=O)O. The summed E-state index contributed by atoms with van der Waals surface area (Å²) < 4.78 is 10.3. The van der Waals surface area contributed by atoms with Crippen molar-refractivity contribution in [3.05, 3.63) is 71.8 Å². The summed E-state index contributed by atoms with van der Waals surface area (Å²) in [6.45, 7) is 6.30. The molecule has 8 heteroatoms. The standard InChI is InChI=1S/C9H13N.C8H10.C6H9O6P/c1-2-10-8-9-6-4-3-5-7-9;1-2-8-6-4-3-5-7-8;7-5(8)2-1-4(6(9)10)3-13(11)12/h3-7,10H,2,8H2,1H3;3-7H,2H2,1H3;4H,1-3H2,(H2-,7,8,9,10,11,12)/p+1. The number of aryl methyl sites for hydroxylation is 1. The zero-order valence-electron chi connectivity index (χ0n) is 18.1. The van der Waals surface area contributed by atoms with E-state index in [1.165, 1.54) is 11.1 Å². The average Bonchev–Trinajstić information content (AvgIpc) is 2.77. The van der Waals surface area contributed by atoms with E-state index in [0.717, 1.165) is 19.5 Å². The molecule has 0 aromatic heterocycles. The first-order valence-corrected chi connectivity index (χ1v) is 11.6. The summed E-state index contributed by atoms with van der Waals surface area (Å²) in [5.74, 6) is -3.40. The minimum absolute atomic E-state index is 0.119. The van der Waals surface area contributed by atoms with E-state index >= 15 is 0 Å². The van der Waals surface area contributed by atoms with Crippen molar-refractivity contribution in [2.75, 3.05) is 12.7 Å². The van der Waals surface area contributed by atoms with E-state index in [1.54, 1.807) is 0 Å². The Morgan fingerprint density at radius 2 is 1.45 bits per heavy atom. The predicted octanol–water partition coefficient (Wildman–Crippen LogP) is 4.33. The van der Waals surface area contributed by atoms with Gasteiger partial charge in [-0.15, -0.1) is 0 Å². The third kappa shape index (κ3) is 16.8. The quantitative estimate of drug-likeness (QED) is 0.397. The van der Waals surface area contributed by atoms with Crippen molar-refractivity contribution >= 4 is 20.0 Å². The van der Waals surface area contributed by atoms with Crippen LogP contribution in [0.4, 0.5) is 0 Å². The number of hydrogen-bond acceptors (Lipinski definition) is 4. The second-order valence-corrected chi connectivity index (χ2v) is 7.68. The molecule has 2 atom stereocenters. The van der Waals surface area contributed by atoms with Crippen molar-refractivity contribution in [2.45, 2.75) is 39.7 Å². The molecule has 0 aliphatic heterocycles. The number of carbonyl (C=O) groups is 2. The number of benzene rings is 2. The predicted molar refractivity (Wildman–Crippen MR) is 122 cm³/mol. The van der Waals surface area contributed by atoms with Crippen molar-refractivity contribution < 1.29 is 29.3 Å².